The fourth-order valence-corrected chi connectivity index (χ4v) is 4.10. The molecule has 0 unspecified atom stereocenters. The van der Waals surface area contributed by atoms with Crippen LogP contribution >= 0.6 is 0 Å². The van der Waals surface area contributed by atoms with Crippen LogP contribution in [0.1, 0.15) is 37.2 Å². The van der Waals surface area contributed by atoms with Gasteiger partial charge in [0.25, 0.3) is 0 Å². The molecule has 0 saturated carbocycles. The topological polar surface area (TPSA) is 27.7 Å². The van der Waals surface area contributed by atoms with Crippen LogP contribution in [0.2, 0.25) is 0 Å². The van der Waals surface area contributed by atoms with Crippen LogP contribution in [0.4, 0.5) is 39.5 Å². The summed E-state index contributed by atoms with van der Waals surface area (Å²) in [6.07, 6.45) is -4.19. The van der Waals surface area contributed by atoms with E-state index in [4.69, 9.17) is 9.47 Å². The van der Waals surface area contributed by atoms with E-state index in [-0.39, 0.29) is 35.7 Å². The lowest BCUT2D eigenvalue weighted by Crippen LogP contribution is -2.27. The smallest absolute Gasteiger partial charge is 0.429 e. The van der Waals surface area contributed by atoms with E-state index in [2.05, 4.69) is 4.74 Å². The normalized spacial score (nSPS) is 18.1. The maximum atomic E-state index is 14.9. The van der Waals surface area contributed by atoms with Crippen molar-refractivity contribution in [3.05, 3.63) is 88.2 Å². The second-order valence-corrected chi connectivity index (χ2v) is 8.65. The Balaban J connectivity index is 1.62. The van der Waals surface area contributed by atoms with Gasteiger partial charge in [-0.05, 0) is 36.2 Å². The Labute approximate surface area is 210 Å². The minimum absolute atomic E-state index is 0.0324. The van der Waals surface area contributed by atoms with Crippen LogP contribution in [0.25, 0.3) is 11.1 Å². The average Bonchev–Trinajstić information content (AvgIpc) is 2.82. The molecule has 0 aliphatic carbocycles. The van der Waals surface area contributed by atoms with Crippen LogP contribution in [0.3, 0.4) is 0 Å². The Bertz CT molecular complexity index is 1270. The highest BCUT2D eigenvalue weighted by atomic mass is 19.3. The van der Waals surface area contributed by atoms with E-state index in [0.29, 0.717) is 13.2 Å². The lowest BCUT2D eigenvalue weighted by atomic mass is 9.99. The number of hydrogen-bond acceptors (Lipinski definition) is 3. The molecule has 1 saturated heterocycles. The molecule has 0 aromatic heterocycles. The molecule has 3 aromatic rings. The third kappa shape index (κ3) is 5.60. The second-order valence-electron chi connectivity index (χ2n) is 8.65. The van der Waals surface area contributed by atoms with Crippen LogP contribution in [-0.2, 0) is 15.6 Å². The number of rotatable bonds is 7. The van der Waals surface area contributed by atoms with Crippen molar-refractivity contribution < 1.29 is 53.7 Å². The summed E-state index contributed by atoms with van der Waals surface area (Å²) in [5.41, 5.74) is -3.71. The van der Waals surface area contributed by atoms with E-state index in [1.807, 2.05) is 6.92 Å². The van der Waals surface area contributed by atoms with Gasteiger partial charge < -0.3 is 14.2 Å². The van der Waals surface area contributed by atoms with Crippen LogP contribution < -0.4 is 4.74 Å². The molecule has 3 aromatic carbocycles. The van der Waals surface area contributed by atoms with Crippen molar-refractivity contribution in [1.82, 2.24) is 0 Å². The Kier molecular flexibility index (Phi) is 7.93. The molecule has 0 amide bonds. The van der Waals surface area contributed by atoms with Crippen molar-refractivity contribution in [2.24, 2.45) is 5.92 Å². The predicted octanol–water partition coefficient (Wildman–Crippen LogP) is 7.92. The van der Waals surface area contributed by atoms with Crippen molar-refractivity contribution in [2.45, 2.75) is 32.2 Å². The summed E-state index contributed by atoms with van der Waals surface area (Å²) in [6.45, 7) is 2.58. The average molecular weight is 550 g/mol. The standard InChI is InChI=1S/C26H19F9O3/c1-2-3-12-10-36-25(37-11-12)14-6-16(27)22(17(28)7-14)13-4-18(29)23(19(30)5-13)26(34,35)38-15-8-20(31)24(33)21(32)9-15/h4-9,12,25H,2-3,10-11H2,1H3. The number of ether oxygens (including phenoxy) is 3. The number of halogens is 9. The van der Waals surface area contributed by atoms with Gasteiger partial charge >= 0.3 is 6.11 Å². The quantitative estimate of drug-likeness (QED) is 0.221. The van der Waals surface area contributed by atoms with Crippen LogP contribution in [-0.4, -0.2) is 13.2 Å². The summed E-state index contributed by atoms with van der Waals surface area (Å²) in [7, 11) is 0. The highest BCUT2D eigenvalue weighted by Gasteiger charge is 2.42. The van der Waals surface area contributed by atoms with E-state index in [9.17, 15) is 39.5 Å². The third-order valence-corrected chi connectivity index (χ3v) is 5.83. The van der Waals surface area contributed by atoms with Gasteiger partial charge in [-0.25, -0.2) is 30.7 Å². The predicted molar refractivity (Wildman–Crippen MR) is 116 cm³/mol. The van der Waals surface area contributed by atoms with Gasteiger partial charge in [-0.1, -0.05) is 13.3 Å². The molecule has 1 aliphatic heterocycles. The molecule has 0 atom stereocenters. The van der Waals surface area contributed by atoms with Gasteiger partial charge in [0.2, 0.25) is 0 Å². The van der Waals surface area contributed by atoms with Crippen molar-refractivity contribution in [3.8, 4) is 16.9 Å². The van der Waals surface area contributed by atoms with E-state index in [1.54, 1.807) is 0 Å². The first-order valence-electron chi connectivity index (χ1n) is 11.3. The zero-order valence-electron chi connectivity index (χ0n) is 19.6. The van der Waals surface area contributed by atoms with Crippen molar-refractivity contribution in [2.75, 3.05) is 13.2 Å². The highest BCUT2D eigenvalue weighted by Crippen LogP contribution is 2.39. The summed E-state index contributed by atoms with van der Waals surface area (Å²) >= 11 is 0. The fraction of sp³-hybridized carbons (Fsp3) is 0.308. The summed E-state index contributed by atoms with van der Waals surface area (Å²) in [4.78, 5) is 0. The van der Waals surface area contributed by atoms with Gasteiger partial charge in [0, 0.05) is 23.6 Å². The van der Waals surface area contributed by atoms with Gasteiger partial charge in [-0.3, -0.25) is 0 Å². The largest absolute Gasteiger partial charge is 0.432 e. The highest BCUT2D eigenvalue weighted by molar-refractivity contribution is 5.66. The number of benzene rings is 3. The Morgan fingerprint density at radius 1 is 0.763 bits per heavy atom. The Morgan fingerprint density at radius 2 is 1.29 bits per heavy atom. The summed E-state index contributed by atoms with van der Waals surface area (Å²) in [5, 5.41) is 0. The second kappa shape index (κ2) is 10.9. The molecule has 38 heavy (non-hydrogen) atoms. The number of alkyl halides is 2. The molecule has 12 heteroatoms. The Hall–Kier alpha value is -3.25. The van der Waals surface area contributed by atoms with Crippen LogP contribution in [0.15, 0.2) is 36.4 Å². The van der Waals surface area contributed by atoms with Crippen LogP contribution in [0.5, 0.6) is 5.75 Å². The Morgan fingerprint density at radius 3 is 1.79 bits per heavy atom. The monoisotopic (exact) mass is 550 g/mol. The fourth-order valence-electron chi connectivity index (χ4n) is 4.10. The lowest BCUT2D eigenvalue weighted by molar-refractivity contribution is -0.206. The van der Waals surface area contributed by atoms with Gasteiger partial charge in [-0.15, -0.1) is 0 Å². The van der Waals surface area contributed by atoms with E-state index >= 15 is 0 Å². The molecule has 1 fully saturated rings. The number of hydrogen-bond donors (Lipinski definition) is 0. The molecule has 0 N–H and O–H groups in total. The summed E-state index contributed by atoms with van der Waals surface area (Å²) in [6, 6.07) is 2.25. The third-order valence-electron chi connectivity index (χ3n) is 5.83. The van der Waals surface area contributed by atoms with Crippen molar-refractivity contribution in [3.63, 3.8) is 0 Å². The first-order chi connectivity index (χ1) is 17.9. The van der Waals surface area contributed by atoms with E-state index in [0.717, 1.165) is 25.0 Å². The van der Waals surface area contributed by atoms with Gasteiger partial charge in [-0.2, -0.15) is 8.78 Å². The molecule has 1 aliphatic rings. The minimum atomic E-state index is -4.85. The maximum absolute atomic E-state index is 14.9. The molecule has 0 spiro atoms. The van der Waals surface area contributed by atoms with E-state index in [1.165, 1.54) is 0 Å². The molecule has 1 heterocycles. The van der Waals surface area contributed by atoms with Gasteiger partial charge in [0.1, 0.15) is 34.6 Å². The lowest BCUT2D eigenvalue weighted by Gasteiger charge is -2.29. The zero-order chi connectivity index (χ0) is 27.8. The minimum Gasteiger partial charge on any atom is -0.429 e. The zero-order valence-corrected chi connectivity index (χ0v) is 19.6. The summed E-state index contributed by atoms with van der Waals surface area (Å²) in [5.74, 6) is -13.4. The van der Waals surface area contributed by atoms with Crippen molar-refractivity contribution in [1.29, 1.82) is 0 Å². The molecule has 3 nitrogen and oxygen atoms in total. The molecule has 4 rings (SSSR count). The first kappa shape index (κ1) is 27.8. The molecular weight excluding hydrogens is 531 g/mol. The molecular formula is C26H19F9O3. The van der Waals surface area contributed by atoms with Crippen molar-refractivity contribution >= 4 is 0 Å². The van der Waals surface area contributed by atoms with Crippen LogP contribution in [0, 0.1) is 46.6 Å². The molecule has 0 bridgehead atoms. The SMILES string of the molecule is CCCC1COC(c2cc(F)c(-c3cc(F)c(C(F)(F)Oc4cc(F)c(F)c(F)c4)c(F)c3)c(F)c2)OC1. The first-order valence-corrected chi connectivity index (χ1v) is 11.3. The summed E-state index contributed by atoms with van der Waals surface area (Å²) < 4.78 is 143. The molecule has 0 radical (unpaired) electrons. The van der Waals surface area contributed by atoms with Gasteiger partial charge in [0.15, 0.2) is 23.7 Å². The maximum Gasteiger partial charge on any atom is 0.432 e. The van der Waals surface area contributed by atoms with Gasteiger partial charge in [0.05, 0.1) is 18.8 Å². The van der Waals surface area contributed by atoms with E-state index < -0.39 is 75.6 Å². The molecule has 204 valence electrons.